The smallest absolute Gasteiger partial charge is 0.191 e. The Morgan fingerprint density at radius 1 is 1.42 bits per heavy atom. The molecule has 64 valence electrons. The second kappa shape index (κ2) is 3.53. The number of benzene rings is 1. The van der Waals surface area contributed by atoms with Crippen LogP contribution in [0.3, 0.4) is 0 Å². The Kier molecular flexibility index (Phi) is 2.65. The molecule has 4 N–H and O–H groups in total. The standard InChI is InChI=1S/C7H7BrFN3/c8-6-4(9)2-1-3-5(6)12-7(10)11/h1-3H,(H4,10,11,12). The molecule has 0 aliphatic rings. The van der Waals surface area contributed by atoms with Gasteiger partial charge in [-0.2, -0.15) is 0 Å². The summed E-state index contributed by atoms with van der Waals surface area (Å²) in [7, 11) is 0. The third-order valence-corrected chi connectivity index (χ3v) is 1.97. The van der Waals surface area contributed by atoms with E-state index in [9.17, 15) is 4.39 Å². The van der Waals surface area contributed by atoms with Crippen LogP contribution >= 0.6 is 15.9 Å². The van der Waals surface area contributed by atoms with E-state index in [0.29, 0.717) is 5.69 Å². The zero-order valence-electron chi connectivity index (χ0n) is 6.09. The van der Waals surface area contributed by atoms with Gasteiger partial charge in [0, 0.05) is 0 Å². The Bertz CT molecular complexity index is 320. The monoisotopic (exact) mass is 231 g/mol. The first-order valence-corrected chi connectivity index (χ1v) is 3.94. The van der Waals surface area contributed by atoms with Gasteiger partial charge >= 0.3 is 0 Å². The van der Waals surface area contributed by atoms with E-state index in [2.05, 4.69) is 20.9 Å². The summed E-state index contributed by atoms with van der Waals surface area (Å²) >= 11 is 3.02. The predicted molar refractivity (Wildman–Crippen MR) is 49.6 cm³/mol. The first kappa shape index (κ1) is 8.99. The highest BCUT2D eigenvalue weighted by Gasteiger charge is 2.02. The fourth-order valence-corrected chi connectivity index (χ4v) is 1.07. The molecule has 0 atom stereocenters. The summed E-state index contributed by atoms with van der Waals surface area (Å²) in [6.07, 6.45) is 0. The zero-order chi connectivity index (χ0) is 9.14. The van der Waals surface area contributed by atoms with Gasteiger partial charge in [0.05, 0.1) is 10.2 Å². The maximum absolute atomic E-state index is 12.8. The lowest BCUT2D eigenvalue weighted by atomic mass is 10.3. The molecule has 1 aromatic carbocycles. The van der Waals surface area contributed by atoms with Crippen LogP contribution in [0.25, 0.3) is 0 Å². The van der Waals surface area contributed by atoms with Gasteiger partial charge in [-0.3, -0.25) is 0 Å². The molecule has 0 bridgehead atoms. The molecule has 1 rings (SSSR count). The van der Waals surface area contributed by atoms with E-state index in [-0.39, 0.29) is 10.4 Å². The van der Waals surface area contributed by atoms with Crippen LogP contribution in [-0.4, -0.2) is 5.96 Å². The molecule has 0 aliphatic carbocycles. The average molecular weight is 232 g/mol. The van der Waals surface area contributed by atoms with Crippen molar-refractivity contribution in [2.45, 2.75) is 0 Å². The molecule has 0 saturated heterocycles. The molecule has 1 aromatic rings. The molecule has 5 heteroatoms. The summed E-state index contributed by atoms with van der Waals surface area (Å²) in [4.78, 5) is 3.71. The average Bonchev–Trinajstić information content (AvgIpc) is 1.98. The number of nitrogens with zero attached hydrogens (tertiary/aromatic N) is 1. The molecule has 0 spiro atoms. The van der Waals surface area contributed by atoms with E-state index in [1.807, 2.05) is 0 Å². The highest BCUT2D eigenvalue weighted by molar-refractivity contribution is 9.10. The Morgan fingerprint density at radius 2 is 2.08 bits per heavy atom. The molecule has 3 nitrogen and oxygen atoms in total. The summed E-state index contributed by atoms with van der Waals surface area (Å²) < 4.78 is 13.1. The third-order valence-electron chi connectivity index (χ3n) is 1.18. The quantitative estimate of drug-likeness (QED) is 0.569. The van der Waals surface area contributed by atoms with Gasteiger partial charge in [0.2, 0.25) is 0 Å². The lowest BCUT2D eigenvalue weighted by Crippen LogP contribution is -2.21. The summed E-state index contributed by atoms with van der Waals surface area (Å²) in [6, 6.07) is 4.45. The van der Waals surface area contributed by atoms with Crippen molar-refractivity contribution in [2.24, 2.45) is 16.5 Å². The van der Waals surface area contributed by atoms with Crippen molar-refractivity contribution >= 4 is 27.6 Å². The maximum Gasteiger partial charge on any atom is 0.191 e. The fourth-order valence-electron chi connectivity index (χ4n) is 0.718. The van der Waals surface area contributed by atoms with E-state index in [4.69, 9.17) is 11.5 Å². The summed E-state index contributed by atoms with van der Waals surface area (Å²) in [6.45, 7) is 0. The van der Waals surface area contributed by atoms with Gasteiger partial charge in [-0.05, 0) is 28.1 Å². The Hall–Kier alpha value is -1.10. The van der Waals surface area contributed by atoms with Crippen LogP contribution < -0.4 is 11.5 Å². The summed E-state index contributed by atoms with van der Waals surface area (Å²) in [5.74, 6) is -0.487. The van der Waals surface area contributed by atoms with Gasteiger partial charge in [0.1, 0.15) is 5.82 Å². The van der Waals surface area contributed by atoms with Crippen LogP contribution in [0.4, 0.5) is 10.1 Å². The van der Waals surface area contributed by atoms with Gasteiger partial charge in [-0.25, -0.2) is 9.38 Å². The second-order valence-corrected chi connectivity index (χ2v) is 2.90. The summed E-state index contributed by atoms with van der Waals surface area (Å²) in [5.41, 5.74) is 10.6. The lowest BCUT2D eigenvalue weighted by molar-refractivity contribution is 0.621. The molecule has 0 aromatic heterocycles. The van der Waals surface area contributed by atoms with E-state index in [0.717, 1.165) is 0 Å². The van der Waals surface area contributed by atoms with Crippen LogP contribution in [0.5, 0.6) is 0 Å². The maximum atomic E-state index is 12.8. The molecule has 0 aliphatic heterocycles. The molecular weight excluding hydrogens is 225 g/mol. The van der Waals surface area contributed by atoms with Crippen LogP contribution in [0.2, 0.25) is 0 Å². The number of rotatable bonds is 1. The van der Waals surface area contributed by atoms with Crippen molar-refractivity contribution < 1.29 is 4.39 Å². The lowest BCUT2D eigenvalue weighted by Gasteiger charge is -1.98. The number of nitrogens with two attached hydrogens (primary N) is 2. The van der Waals surface area contributed by atoms with E-state index >= 15 is 0 Å². The molecule has 0 amide bonds. The number of halogens is 2. The largest absolute Gasteiger partial charge is 0.370 e. The van der Waals surface area contributed by atoms with Crippen LogP contribution in [0.1, 0.15) is 0 Å². The third kappa shape index (κ3) is 1.94. The predicted octanol–water partition coefficient (Wildman–Crippen LogP) is 1.49. The van der Waals surface area contributed by atoms with E-state index in [1.54, 1.807) is 6.07 Å². The minimum Gasteiger partial charge on any atom is -0.370 e. The van der Waals surface area contributed by atoms with E-state index < -0.39 is 5.82 Å². The second-order valence-electron chi connectivity index (χ2n) is 2.11. The number of hydrogen-bond acceptors (Lipinski definition) is 1. The molecule has 0 unspecified atom stereocenters. The highest BCUT2D eigenvalue weighted by atomic mass is 79.9. The minimum absolute atomic E-state index is 0.0960. The first-order valence-electron chi connectivity index (χ1n) is 3.15. The van der Waals surface area contributed by atoms with Crippen molar-refractivity contribution in [3.63, 3.8) is 0 Å². The normalized spacial score (nSPS) is 9.50. The van der Waals surface area contributed by atoms with Crippen LogP contribution in [-0.2, 0) is 0 Å². The molecule has 0 fully saturated rings. The van der Waals surface area contributed by atoms with Crippen LogP contribution in [0, 0.1) is 5.82 Å². The highest BCUT2D eigenvalue weighted by Crippen LogP contribution is 2.27. The fraction of sp³-hybridized carbons (Fsp3) is 0. The molecular formula is C7H7BrFN3. The van der Waals surface area contributed by atoms with Gasteiger partial charge in [-0.15, -0.1) is 0 Å². The molecule has 0 saturated carbocycles. The van der Waals surface area contributed by atoms with Crippen LogP contribution in [0.15, 0.2) is 27.7 Å². The van der Waals surface area contributed by atoms with E-state index in [1.165, 1.54) is 12.1 Å². The number of aliphatic imine (C=N–C) groups is 1. The van der Waals surface area contributed by atoms with Crippen molar-refractivity contribution in [1.29, 1.82) is 0 Å². The number of guanidine groups is 1. The van der Waals surface area contributed by atoms with Crippen molar-refractivity contribution in [2.75, 3.05) is 0 Å². The van der Waals surface area contributed by atoms with Crippen molar-refractivity contribution in [3.8, 4) is 0 Å². The minimum atomic E-state index is -0.391. The Morgan fingerprint density at radius 3 is 2.67 bits per heavy atom. The molecule has 0 heterocycles. The summed E-state index contributed by atoms with van der Waals surface area (Å²) in [5, 5.41) is 0. The topological polar surface area (TPSA) is 64.4 Å². The van der Waals surface area contributed by atoms with Crippen molar-refractivity contribution in [1.82, 2.24) is 0 Å². The van der Waals surface area contributed by atoms with Gasteiger partial charge in [0.15, 0.2) is 5.96 Å². The SMILES string of the molecule is NC(N)=Nc1cccc(F)c1Br. The zero-order valence-corrected chi connectivity index (χ0v) is 7.68. The van der Waals surface area contributed by atoms with Gasteiger partial charge < -0.3 is 11.5 Å². The molecule has 0 radical (unpaired) electrons. The number of hydrogen-bond donors (Lipinski definition) is 2. The van der Waals surface area contributed by atoms with Gasteiger partial charge in [0.25, 0.3) is 0 Å². The Labute approximate surface area is 77.4 Å². The van der Waals surface area contributed by atoms with Gasteiger partial charge in [-0.1, -0.05) is 6.07 Å². The molecule has 12 heavy (non-hydrogen) atoms. The Balaban J connectivity index is 3.17. The van der Waals surface area contributed by atoms with Crippen molar-refractivity contribution in [3.05, 3.63) is 28.5 Å². The first-order chi connectivity index (χ1) is 5.61.